The van der Waals surface area contributed by atoms with Crippen LogP contribution in [0.25, 0.3) is 5.76 Å². The second-order valence-corrected chi connectivity index (χ2v) is 10.7. The molecule has 3 aromatic carbocycles. The molecular formula is C31H31BrN2O5. The molecule has 7 nitrogen and oxygen atoms in total. The quantitative estimate of drug-likeness (QED) is 0.224. The molecule has 0 saturated carbocycles. The van der Waals surface area contributed by atoms with Crippen molar-refractivity contribution in [3.8, 4) is 5.75 Å². The van der Waals surface area contributed by atoms with Crippen molar-refractivity contribution in [1.29, 1.82) is 0 Å². The summed E-state index contributed by atoms with van der Waals surface area (Å²) in [6, 6.07) is 22.0. The van der Waals surface area contributed by atoms with Crippen LogP contribution in [0.5, 0.6) is 5.75 Å². The fraction of sp³-hybridized carbons (Fsp3) is 0.290. The molecule has 202 valence electrons. The number of carbonyl (C=O) groups excluding carboxylic acids is 2. The number of hydrogen-bond donors (Lipinski definition) is 1. The molecule has 39 heavy (non-hydrogen) atoms. The fourth-order valence-corrected chi connectivity index (χ4v) is 5.50. The molecule has 2 saturated heterocycles. The van der Waals surface area contributed by atoms with Gasteiger partial charge in [0.1, 0.15) is 18.1 Å². The average Bonchev–Trinajstić information content (AvgIpc) is 3.21. The first-order valence-corrected chi connectivity index (χ1v) is 13.8. The highest BCUT2D eigenvalue weighted by Gasteiger charge is 2.46. The lowest BCUT2D eigenvalue weighted by molar-refractivity contribution is -0.140. The highest BCUT2D eigenvalue weighted by Crippen LogP contribution is 2.40. The number of aliphatic hydroxyl groups excluding tert-OH is 1. The van der Waals surface area contributed by atoms with Crippen molar-refractivity contribution in [2.75, 3.05) is 39.4 Å². The maximum absolute atomic E-state index is 13.4. The van der Waals surface area contributed by atoms with Crippen molar-refractivity contribution in [3.63, 3.8) is 0 Å². The van der Waals surface area contributed by atoms with Crippen molar-refractivity contribution in [2.45, 2.75) is 19.6 Å². The minimum absolute atomic E-state index is 0.0983. The second-order valence-electron chi connectivity index (χ2n) is 9.75. The number of Topliss-reactive ketones (excluding diaryl/α,β-unsaturated/α-hetero) is 1. The van der Waals surface area contributed by atoms with E-state index in [1.165, 1.54) is 0 Å². The molecule has 2 heterocycles. The van der Waals surface area contributed by atoms with Crippen LogP contribution in [-0.2, 0) is 20.9 Å². The molecule has 1 N–H and O–H groups in total. The lowest BCUT2D eigenvalue weighted by Crippen LogP contribution is -2.42. The van der Waals surface area contributed by atoms with Crippen LogP contribution < -0.4 is 4.74 Å². The van der Waals surface area contributed by atoms with Gasteiger partial charge in [0.2, 0.25) is 0 Å². The Morgan fingerprint density at radius 3 is 2.49 bits per heavy atom. The van der Waals surface area contributed by atoms with Gasteiger partial charge in [0.25, 0.3) is 11.7 Å². The predicted molar refractivity (Wildman–Crippen MR) is 152 cm³/mol. The Balaban J connectivity index is 1.46. The zero-order valence-electron chi connectivity index (χ0n) is 21.8. The first-order chi connectivity index (χ1) is 18.9. The van der Waals surface area contributed by atoms with Crippen LogP contribution in [0.15, 0.2) is 82.8 Å². The van der Waals surface area contributed by atoms with E-state index in [1.54, 1.807) is 17.0 Å². The van der Waals surface area contributed by atoms with E-state index in [0.717, 1.165) is 34.3 Å². The van der Waals surface area contributed by atoms with Gasteiger partial charge in [0.15, 0.2) is 0 Å². The second kappa shape index (κ2) is 12.2. The lowest BCUT2D eigenvalue weighted by Gasteiger charge is -2.31. The van der Waals surface area contributed by atoms with Crippen LogP contribution in [0.3, 0.4) is 0 Å². The van der Waals surface area contributed by atoms with Gasteiger partial charge in [0.05, 0.1) is 24.8 Å². The Kier molecular flexibility index (Phi) is 8.45. The summed E-state index contributed by atoms with van der Waals surface area (Å²) >= 11 is 3.51. The Morgan fingerprint density at radius 1 is 1.00 bits per heavy atom. The zero-order chi connectivity index (χ0) is 27.4. The summed E-state index contributed by atoms with van der Waals surface area (Å²) in [4.78, 5) is 30.5. The van der Waals surface area contributed by atoms with Crippen LogP contribution in [0.2, 0.25) is 0 Å². The number of aliphatic hydroxyl groups is 1. The monoisotopic (exact) mass is 590 g/mol. The highest BCUT2D eigenvalue weighted by molar-refractivity contribution is 9.10. The third-order valence-corrected chi connectivity index (χ3v) is 7.66. The number of rotatable bonds is 8. The summed E-state index contributed by atoms with van der Waals surface area (Å²) < 4.78 is 12.2. The Morgan fingerprint density at radius 2 is 1.77 bits per heavy atom. The van der Waals surface area contributed by atoms with Gasteiger partial charge in [-0.25, -0.2) is 0 Å². The number of ketones is 1. The fourth-order valence-electron chi connectivity index (χ4n) is 5.09. The third kappa shape index (κ3) is 6.08. The molecule has 2 aliphatic rings. The van der Waals surface area contributed by atoms with Gasteiger partial charge in [-0.3, -0.25) is 14.5 Å². The van der Waals surface area contributed by atoms with Crippen LogP contribution in [0.1, 0.15) is 28.3 Å². The number of carbonyl (C=O) groups is 2. The molecule has 0 spiro atoms. The average molecular weight is 592 g/mol. The van der Waals surface area contributed by atoms with Gasteiger partial charge in [-0.2, -0.15) is 0 Å². The van der Waals surface area contributed by atoms with Crippen molar-refractivity contribution in [1.82, 2.24) is 9.80 Å². The molecule has 0 bridgehead atoms. The van der Waals surface area contributed by atoms with E-state index in [2.05, 4.69) is 20.8 Å². The van der Waals surface area contributed by atoms with Crippen molar-refractivity contribution < 1.29 is 24.2 Å². The van der Waals surface area contributed by atoms with E-state index in [1.807, 2.05) is 67.6 Å². The molecule has 0 radical (unpaired) electrons. The first kappa shape index (κ1) is 27.1. The molecule has 2 aliphatic heterocycles. The number of ether oxygens (including phenoxy) is 2. The normalized spacial score (nSPS) is 19.4. The molecule has 3 aromatic rings. The number of benzene rings is 3. The lowest BCUT2D eigenvalue weighted by atomic mass is 9.94. The van der Waals surface area contributed by atoms with Gasteiger partial charge in [-0.05, 0) is 53.9 Å². The van der Waals surface area contributed by atoms with Crippen LogP contribution in [0, 0.1) is 6.92 Å². The van der Waals surface area contributed by atoms with E-state index < -0.39 is 17.7 Å². The number of hydrogen-bond acceptors (Lipinski definition) is 6. The Bertz CT molecular complexity index is 1380. The maximum atomic E-state index is 13.4. The smallest absolute Gasteiger partial charge is 0.295 e. The van der Waals surface area contributed by atoms with Crippen molar-refractivity contribution >= 4 is 33.4 Å². The third-order valence-electron chi connectivity index (χ3n) is 7.17. The van der Waals surface area contributed by atoms with Crippen molar-refractivity contribution in [2.24, 2.45) is 0 Å². The van der Waals surface area contributed by atoms with E-state index >= 15 is 0 Å². The van der Waals surface area contributed by atoms with Gasteiger partial charge < -0.3 is 19.5 Å². The number of halogens is 1. The van der Waals surface area contributed by atoms with Crippen LogP contribution >= 0.6 is 15.9 Å². The molecule has 1 atom stereocenters. The Labute approximate surface area is 236 Å². The van der Waals surface area contributed by atoms with Crippen LogP contribution in [0.4, 0.5) is 0 Å². The predicted octanol–water partition coefficient (Wildman–Crippen LogP) is 5.09. The van der Waals surface area contributed by atoms with Crippen molar-refractivity contribution in [3.05, 3.63) is 105 Å². The standard InChI is InChI=1S/C31H31BrN2O5/c1-21-18-25(39-20-22-6-3-2-4-7-22)10-11-26(21)29(35)27-28(23-8-5-9-24(32)19-23)34(31(37)30(27)36)13-12-33-14-16-38-17-15-33/h2-11,18-19,28,35H,12-17,20H2,1H3/t28-/m1/s1. The molecule has 0 unspecified atom stereocenters. The Hall–Kier alpha value is -3.46. The number of nitrogens with zero attached hydrogens (tertiary/aromatic N) is 2. The summed E-state index contributed by atoms with van der Waals surface area (Å²) in [6.07, 6.45) is 0. The molecule has 1 amide bonds. The summed E-state index contributed by atoms with van der Waals surface area (Å²) in [6.45, 7) is 6.12. The maximum Gasteiger partial charge on any atom is 0.295 e. The van der Waals surface area contributed by atoms with Gasteiger partial charge in [-0.1, -0.05) is 58.4 Å². The number of morpholine rings is 1. The van der Waals surface area contributed by atoms with Gasteiger partial charge >= 0.3 is 0 Å². The minimum atomic E-state index is -0.697. The summed E-state index contributed by atoms with van der Waals surface area (Å²) in [5.74, 6) is -0.805. The van der Waals surface area contributed by atoms with Gasteiger partial charge in [-0.15, -0.1) is 0 Å². The molecule has 0 aromatic heterocycles. The molecule has 2 fully saturated rings. The van der Waals surface area contributed by atoms with Crippen LogP contribution in [-0.4, -0.2) is 66.0 Å². The number of aryl methyl sites for hydroxylation is 1. The van der Waals surface area contributed by atoms with E-state index in [4.69, 9.17) is 9.47 Å². The van der Waals surface area contributed by atoms with E-state index in [9.17, 15) is 14.7 Å². The summed E-state index contributed by atoms with van der Waals surface area (Å²) in [5.41, 5.74) is 3.14. The SMILES string of the molecule is Cc1cc(OCc2ccccc2)ccc1C(O)=C1C(=O)C(=O)N(CCN2CCOCC2)[C@@H]1c1cccc(Br)c1. The summed E-state index contributed by atoms with van der Waals surface area (Å²) in [5, 5.41) is 11.5. The number of amides is 1. The molecule has 5 rings (SSSR count). The number of likely N-dealkylation sites (tertiary alicyclic amines) is 1. The molecule has 0 aliphatic carbocycles. The molecular weight excluding hydrogens is 560 g/mol. The first-order valence-electron chi connectivity index (χ1n) is 13.0. The molecule has 8 heteroatoms. The topological polar surface area (TPSA) is 79.3 Å². The largest absolute Gasteiger partial charge is 0.507 e. The van der Waals surface area contributed by atoms with E-state index in [-0.39, 0.29) is 11.3 Å². The highest BCUT2D eigenvalue weighted by atomic mass is 79.9. The minimum Gasteiger partial charge on any atom is -0.507 e. The summed E-state index contributed by atoms with van der Waals surface area (Å²) in [7, 11) is 0. The van der Waals surface area contributed by atoms with E-state index in [0.29, 0.717) is 44.2 Å². The zero-order valence-corrected chi connectivity index (χ0v) is 23.4. The van der Waals surface area contributed by atoms with Gasteiger partial charge in [0, 0.05) is 36.2 Å².